The number of rotatable bonds is 6. The molecule has 2 aliphatic carbocycles. The highest BCUT2D eigenvalue weighted by atomic mass is 14.3. The van der Waals surface area contributed by atoms with E-state index in [1.165, 1.54) is 71.6 Å². The highest BCUT2D eigenvalue weighted by Gasteiger charge is 2.22. The molecule has 2 unspecified atom stereocenters. The quantitative estimate of drug-likeness (QED) is 0.183. The summed E-state index contributed by atoms with van der Waals surface area (Å²) >= 11 is 0. The fourth-order valence-corrected chi connectivity index (χ4v) is 7.46. The minimum Gasteiger partial charge on any atom is -0.0776 e. The molecule has 0 spiro atoms. The zero-order chi connectivity index (χ0) is 39.1. The van der Waals surface area contributed by atoms with E-state index in [9.17, 15) is 0 Å². The Hall–Kier alpha value is -2.86. The third kappa shape index (κ3) is 16.9. The molecule has 0 N–H and O–H groups in total. The lowest BCUT2D eigenvalue weighted by atomic mass is 9.77. The molecule has 0 saturated carbocycles. The van der Waals surface area contributed by atoms with Gasteiger partial charge in [-0.3, -0.25) is 0 Å². The lowest BCUT2D eigenvalue weighted by Gasteiger charge is -2.28. The summed E-state index contributed by atoms with van der Waals surface area (Å²) in [7, 11) is 0. The van der Waals surface area contributed by atoms with E-state index in [0.29, 0.717) is 23.7 Å². The molecule has 320 valence electrons. The van der Waals surface area contributed by atoms with Crippen LogP contribution in [0.5, 0.6) is 0 Å². The van der Waals surface area contributed by atoms with Gasteiger partial charge in [0.05, 0.1) is 0 Å². The lowest BCUT2D eigenvalue weighted by molar-refractivity contribution is 0.343. The van der Waals surface area contributed by atoms with Gasteiger partial charge in [0, 0.05) is 0 Å². The summed E-state index contributed by atoms with van der Waals surface area (Å²) in [5, 5.41) is 2.71. The molecule has 0 amide bonds. The molecule has 2 atom stereocenters. The summed E-state index contributed by atoms with van der Waals surface area (Å²) < 4.78 is 0. The summed E-state index contributed by atoms with van der Waals surface area (Å²) in [6.07, 6.45) is 7.94. The van der Waals surface area contributed by atoms with Crippen LogP contribution in [0.2, 0.25) is 0 Å². The van der Waals surface area contributed by atoms with Crippen molar-refractivity contribution in [1.82, 2.24) is 0 Å². The van der Waals surface area contributed by atoms with Crippen LogP contribution in [-0.2, 0) is 25.7 Å². The predicted molar refractivity (Wildman–Crippen MR) is 264 cm³/mol. The Balaban J connectivity index is -0.000000695. The van der Waals surface area contributed by atoms with Gasteiger partial charge in [0.25, 0.3) is 0 Å². The van der Waals surface area contributed by atoms with Gasteiger partial charge in [-0.15, -0.1) is 0 Å². The van der Waals surface area contributed by atoms with Crippen LogP contribution >= 0.6 is 0 Å². The minimum atomic E-state index is 0. The average molecular weight is 769 g/mol. The van der Waals surface area contributed by atoms with Gasteiger partial charge in [-0.1, -0.05) is 213 Å². The van der Waals surface area contributed by atoms with Crippen LogP contribution in [0.3, 0.4) is 0 Å². The van der Waals surface area contributed by atoms with Gasteiger partial charge >= 0.3 is 0 Å². The molecule has 4 aromatic carbocycles. The van der Waals surface area contributed by atoms with Gasteiger partial charge < -0.3 is 0 Å². The zero-order valence-electron chi connectivity index (χ0n) is 36.8. The number of aryl methyl sites for hydroxylation is 2. The number of hydrogen-bond donors (Lipinski definition) is 0. The predicted octanol–water partition coefficient (Wildman–Crippen LogP) is 18.8. The van der Waals surface area contributed by atoms with Crippen molar-refractivity contribution in [2.24, 2.45) is 23.7 Å². The number of hydrogen-bond acceptors (Lipinski definition) is 0. The SMILES string of the molecule is C.C.C.C.CC.CC.CC(C)c1ccc2c(c1)CCC(C(C)C)C2.CC(C)c1ccc2c(c1)CCC(C(C)C)C2.CC(C)c1ccc2cc(C(C)C)ccc2c1. The first kappa shape index (κ1) is 57.5. The minimum absolute atomic E-state index is 0. The van der Waals surface area contributed by atoms with Gasteiger partial charge in [0.2, 0.25) is 0 Å². The normalized spacial score (nSPS) is 15.1. The van der Waals surface area contributed by atoms with E-state index in [-0.39, 0.29) is 29.7 Å². The highest BCUT2D eigenvalue weighted by molar-refractivity contribution is 5.84. The molecule has 0 bridgehead atoms. The van der Waals surface area contributed by atoms with Crippen LogP contribution in [0.4, 0.5) is 0 Å². The first-order chi connectivity index (χ1) is 24.7. The van der Waals surface area contributed by atoms with Gasteiger partial charge in [-0.25, -0.2) is 0 Å². The summed E-state index contributed by atoms with van der Waals surface area (Å²) in [6.45, 7) is 35.5. The second-order valence-corrected chi connectivity index (χ2v) is 17.0. The summed E-state index contributed by atoms with van der Waals surface area (Å²) in [5.74, 6) is 6.00. The Morgan fingerprint density at radius 1 is 0.357 bits per heavy atom. The van der Waals surface area contributed by atoms with E-state index < -0.39 is 0 Å². The molecule has 56 heavy (non-hydrogen) atoms. The standard InChI is InChI=1S/2C16H24.C16H20.2C2H6.4CH4/c3*1-11(2)13-5-7-16-10-14(12(3)4)6-8-15(16)9-13;2*1-2;;;;/h2*5,7,9,11-12,14H,6,8,10H2,1-4H3;5-12H,1-4H3;2*1-2H3;4*1H4. The third-order valence-electron chi connectivity index (χ3n) is 11.4. The smallest absolute Gasteiger partial charge is 0.0181 e. The Morgan fingerprint density at radius 2 is 0.625 bits per heavy atom. The van der Waals surface area contributed by atoms with Crippen molar-refractivity contribution in [3.8, 4) is 0 Å². The summed E-state index contributed by atoms with van der Waals surface area (Å²) in [6, 6.07) is 27.9. The zero-order valence-corrected chi connectivity index (χ0v) is 36.8. The van der Waals surface area contributed by atoms with Crippen LogP contribution in [0.15, 0.2) is 72.8 Å². The van der Waals surface area contributed by atoms with E-state index in [1.54, 1.807) is 22.3 Å². The van der Waals surface area contributed by atoms with Crippen LogP contribution in [-0.4, -0.2) is 0 Å². The topological polar surface area (TPSA) is 0 Å². The Kier molecular flexibility index (Phi) is 29.3. The second kappa shape index (κ2) is 28.5. The van der Waals surface area contributed by atoms with Crippen molar-refractivity contribution < 1.29 is 0 Å². The van der Waals surface area contributed by atoms with Gasteiger partial charge in [-0.2, -0.15) is 0 Å². The van der Waals surface area contributed by atoms with E-state index in [0.717, 1.165) is 23.7 Å². The largest absolute Gasteiger partial charge is 0.0776 e. The maximum absolute atomic E-state index is 2.44. The molecule has 0 aromatic heterocycles. The number of benzene rings is 4. The monoisotopic (exact) mass is 769 g/mol. The van der Waals surface area contributed by atoms with Crippen LogP contribution in [0.1, 0.15) is 222 Å². The van der Waals surface area contributed by atoms with E-state index in [1.807, 2.05) is 27.7 Å². The second-order valence-electron chi connectivity index (χ2n) is 17.0. The molecule has 0 nitrogen and oxygen atoms in total. The van der Waals surface area contributed by atoms with Crippen LogP contribution < -0.4 is 0 Å². The van der Waals surface area contributed by atoms with E-state index in [4.69, 9.17) is 0 Å². The molecule has 0 heteroatoms. The van der Waals surface area contributed by atoms with Crippen LogP contribution in [0.25, 0.3) is 10.8 Å². The number of fused-ring (bicyclic) bond motifs is 3. The Labute approximate surface area is 353 Å². The van der Waals surface area contributed by atoms with Gasteiger partial charge in [0.15, 0.2) is 0 Å². The molecule has 2 aliphatic rings. The third-order valence-corrected chi connectivity index (χ3v) is 11.4. The molecule has 0 fully saturated rings. The summed E-state index contributed by atoms with van der Waals surface area (Å²) in [4.78, 5) is 0. The fraction of sp³-hybridized carbons (Fsp3) is 0.607. The van der Waals surface area contributed by atoms with Gasteiger partial charge in [0.1, 0.15) is 0 Å². The Morgan fingerprint density at radius 3 is 0.893 bits per heavy atom. The van der Waals surface area contributed by atoms with E-state index >= 15 is 0 Å². The van der Waals surface area contributed by atoms with Gasteiger partial charge in [-0.05, 0) is 141 Å². The molecule has 6 rings (SSSR count). The maximum Gasteiger partial charge on any atom is -0.0181 e. The lowest BCUT2D eigenvalue weighted by Crippen LogP contribution is -2.19. The van der Waals surface area contributed by atoms with E-state index in [2.05, 4.69) is 156 Å². The fourth-order valence-electron chi connectivity index (χ4n) is 7.46. The van der Waals surface area contributed by atoms with Crippen molar-refractivity contribution in [1.29, 1.82) is 0 Å². The molecule has 0 saturated heterocycles. The first-order valence-electron chi connectivity index (χ1n) is 21.5. The molecular weight excluding hydrogens is 673 g/mol. The van der Waals surface area contributed by atoms with Crippen molar-refractivity contribution >= 4 is 10.8 Å². The van der Waals surface area contributed by atoms with Crippen molar-refractivity contribution in [3.05, 3.63) is 117 Å². The Bertz CT molecular complexity index is 1470. The maximum atomic E-state index is 2.44. The molecular formula is C56H96. The summed E-state index contributed by atoms with van der Waals surface area (Å²) in [5.41, 5.74) is 12.3. The molecule has 4 aromatic rings. The average Bonchev–Trinajstić information content (AvgIpc) is 3.15. The van der Waals surface area contributed by atoms with Crippen molar-refractivity contribution in [2.45, 2.75) is 203 Å². The first-order valence-corrected chi connectivity index (χ1v) is 21.5. The molecule has 0 aliphatic heterocycles. The van der Waals surface area contributed by atoms with Crippen molar-refractivity contribution in [3.63, 3.8) is 0 Å². The molecule has 0 heterocycles. The highest BCUT2D eigenvalue weighted by Crippen LogP contribution is 2.33. The van der Waals surface area contributed by atoms with Crippen LogP contribution in [0, 0.1) is 23.7 Å². The molecule has 0 radical (unpaired) electrons. The van der Waals surface area contributed by atoms with Crippen molar-refractivity contribution in [2.75, 3.05) is 0 Å².